The van der Waals surface area contributed by atoms with Gasteiger partial charge in [-0.05, 0) is 43.4 Å². The zero-order valence-electron chi connectivity index (χ0n) is 14.2. The van der Waals surface area contributed by atoms with Crippen LogP contribution in [0.4, 0.5) is 0 Å². The zero-order chi connectivity index (χ0) is 16.5. The lowest BCUT2D eigenvalue weighted by Crippen LogP contribution is -2.40. The minimum absolute atomic E-state index is 0.0931. The van der Waals surface area contributed by atoms with Crippen LogP contribution in [0.25, 0.3) is 0 Å². The summed E-state index contributed by atoms with van der Waals surface area (Å²) in [6, 6.07) is 0. The van der Waals surface area contributed by atoms with Gasteiger partial charge in [-0.15, -0.1) is 0 Å². The number of nitrogens with one attached hydrogen (secondary N) is 1. The van der Waals surface area contributed by atoms with Gasteiger partial charge in [-0.2, -0.15) is 0 Å². The molecule has 2 saturated carbocycles. The Labute approximate surface area is 140 Å². The van der Waals surface area contributed by atoms with Crippen LogP contribution < -0.4 is 5.32 Å². The van der Waals surface area contributed by atoms with Gasteiger partial charge in [0, 0.05) is 25.6 Å². The number of carbonyl (C=O) groups excluding carboxylic acids is 1. The molecule has 5 nitrogen and oxygen atoms in total. The smallest absolute Gasteiger partial charge is 0.223 e. The van der Waals surface area contributed by atoms with E-state index < -0.39 is 10.0 Å². The Hall–Kier alpha value is -0.620. The molecule has 23 heavy (non-hydrogen) atoms. The van der Waals surface area contributed by atoms with E-state index in [9.17, 15) is 13.2 Å². The van der Waals surface area contributed by atoms with E-state index in [-0.39, 0.29) is 28.9 Å². The fraction of sp³-hybridized carbons (Fsp3) is 0.941. The van der Waals surface area contributed by atoms with Gasteiger partial charge in [0.2, 0.25) is 15.9 Å². The van der Waals surface area contributed by atoms with Gasteiger partial charge < -0.3 is 5.32 Å². The predicted molar refractivity (Wildman–Crippen MR) is 90.4 cm³/mol. The highest BCUT2D eigenvalue weighted by atomic mass is 32.2. The van der Waals surface area contributed by atoms with E-state index in [1.807, 2.05) is 6.92 Å². The Morgan fingerprint density at radius 1 is 1.22 bits per heavy atom. The Bertz CT molecular complexity index is 536. The van der Waals surface area contributed by atoms with Crippen molar-refractivity contribution in [2.45, 2.75) is 58.3 Å². The monoisotopic (exact) mass is 342 g/mol. The van der Waals surface area contributed by atoms with E-state index >= 15 is 0 Å². The molecule has 132 valence electrons. The molecule has 1 amide bonds. The number of hydrogen-bond donors (Lipinski definition) is 1. The van der Waals surface area contributed by atoms with Gasteiger partial charge in [-0.25, -0.2) is 12.7 Å². The first-order chi connectivity index (χ1) is 11.0. The third-order valence-electron chi connectivity index (χ3n) is 5.96. The van der Waals surface area contributed by atoms with Crippen LogP contribution in [0.2, 0.25) is 0 Å². The Morgan fingerprint density at radius 3 is 2.52 bits per heavy atom. The van der Waals surface area contributed by atoms with Crippen molar-refractivity contribution in [2.24, 2.45) is 17.3 Å². The van der Waals surface area contributed by atoms with Gasteiger partial charge >= 0.3 is 0 Å². The van der Waals surface area contributed by atoms with Crippen LogP contribution in [0, 0.1) is 17.3 Å². The van der Waals surface area contributed by atoms with E-state index in [1.165, 1.54) is 19.3 Å². The number of nitrogens with zero attached hydrogens (tertiary/aromatic N) is 1. The average Bonchev–Trinajstić information content (AvgIpc) is 3.30. The van der Waals surface area contributed by atoms with Crippen molar-refractivity contribution in [2.75, 3.05) is 25.4 Å². The lowest BCUT2D eigenvalue weighted by molar-refractivity contribution is -0.122. The molecule has 3 fully saturated rings. The molecule has 1 heterocycles. The second-order valence-electron chi connectivity index (χ2n) is 7.75. The summed E-state index contributed by atoms with van der Waals surface area (Å²) in [5, 5.41) is 3.10. The van der Waals surface area contributed by atoms with E-state index in [0.29, 0.717) is 26.1 Å². The first-order valence-electron chi connectivity index (χ1n) is 9.22. The van der Waals surface area contributed by atoms with Crippen LogP contribution in [0.5, 0.6) is 0 Å². The Kier molecular flexibility index (Phi) is 5.02. The second kappa shape index (κ2) is 6.71. The van der Waals surface area contributed by atoms with Crippen LogP contribution in [0.3, 0.4) is 0 Å². The van der Waals surface area contributed by atoms with E-state index in [2.05, 4.69) is 5.32 Å². The maximum absolute atomic E-state index is 12.5. The molecule has 0 aromatic carbocycles. The predicted octanol–water partition coefficient (Wildman–Crippen LogP) is 2.13. The summed E-state index contributed by atoms with van der Waals surface area (Å²) in [5.41, 5.74) is 0.0931. The van der Waals surface area contributed by atoms with Crippen molar-refractivity contribution in [3.8, 4) is 0 Å². The summed E-state index contributed by atoms with van der Waals surface area (Å²) in [5.74, 6) is 0.908. The Morgan fingerprint density at radius 2 is 1.91 bits per heavy atom. The minimum Gasteiger partial charge on any atom is -0.356 e. The van der Waals surface area contributed by atoms with Gasteiger partial charge in [0.15, 0.2) is 0 Å². The van der Waals surface area contributed by atoms with Crippen molar-refractivity contribution in [3.63, 3.8) is 0 Å². The molecule has 2 aliphatic carbocycles. The van der Waals surface area contributed by atoms with Crippen LogP contribution in [-0.4, -0.2) is 44.0 Å². The molecule has 3 rings (SSSR count). The third kappa shape index (κ3) is 3.73. The molecule has 0 bridgehead atoms. The Balaban J connectivity index is 1.70. The summed E-state index contributed by atoms with van der Waals surface area (Å²) in [6.45, 7) is 3.82. The molecule has 0 radical (unpaired) electrons. The van der Waals surface area contributed by atoms with E-state index in [1.54, 1.807) is 4.31 Å². The first kappa shape index (κ1) is 17.2. The molecule has 1 spiro atoms. The lowest BCUT2D eigenvalue weighted by Gasteiger charge is -2.38. The number of amides is 1. The normalized spacial score (nSPS) is 28.1. The molecule has 1 unspecified atom stereocenters. The van der Waals surface area contributed by atoms with Gasteiger partial charge in [-0.3, -0.25) is 4.79 Å². The molecule has 6 heteroatoms. The number of hydrogen-bond acceptors (Lipinski definition) is 3. The van der Waals surface area contributed by atoms with Crippen molar-refractivity contribution in [1.82, 2.24) is 9.62 Å². The molecule has 0 aromatic heterocycles. The highest BCUT2D eigenvalue weighted by molar-refractivity contribution is 7.89. The zero-order valence-corrected chi connectivity index (χ0v) is 15.0. The maximum Gasteiger partial charge on any atom is 0.223 e. The van der Waals surface area contributed by atoms with Crippen molar-refractivity contribution < 1.29 is 13.2 Å². The summed E-state index contributed by atoms with van der Waals surface area (Å²) in [4.78, 5) is 12.0. The second-order valence-corrected chi connectivity index (χ2v) is 9.84. The van der Waals surface area contributed by atoms with Crippen LogP contribution in [0.15, 0.2) is 0 Å². The molecule has 1 saturated heterocycles. The van der Waals surface area contributed by atoms with Gasteiger partial charge in [-0.1, -0.05) is 26.2 Å². The fourth-order valence-electron chi connectivity index (χ4n) is 4.40. The molecule has 1 atom stereocenters. The quantitative estimate of drug-likeness (QED) is 0.804. The van der Waals surface area contributed by atoms with Crippen molar-refractivity contribution in [1.29, 1.82) is 0 Å². The molecule has 3 aliphatic rings. The van der Waals surface area contributed by atoms with Gasteiger partial charge in [0.05, 0.1) is 5.75 Å². The van der Waals surface area contributed by atoms with Crippen LogP contribution in [0.1, 0.15) is 58.3 Å². The topological polar surface area (TPSA) is 66.5 Å². The molecule has 1 aliphatic heterocycles. The van der Waals surface area contributed by atoms with Crippen molar-refractivity contribution in [3.05, 3.63) is 0 Å². The first-order valence-corrected chi connectivity index (χ1v) is 10.8. The highest BCUT2D eigenvalue weighted by Gasteiger charge is 2.49. The standard InChI is InChI=1S/C17H30N2O3S/c1-2-10-23(21,22)19-12-15(11-18-16(20)14-6-7-14)17(13-19)8-4-3-5-9-17/h14-15H,2-13H2,1H3,(H,18,20). The maximum atomic E-state index is 12.5. The summed E-state index contributed by atoms with van der Waals surface area (Å²) < 4.78 is 26.7. The minimum atomic E-state index is -3.14. The molecule has 0 aromatic rings. The number of carbonyl (C=O) groups is 1. The van der Waals surface area contributed by atoms with E-state index in [0.717, 1.165) is 25.7 Å². The largest absolute Gasteiger partial charge is 0.356 e. The fourth-order valence-corrected chi connectivity index (χ4v) is 6.04. The summed E-state index contributed by atoms with van der Waals surface area (Å²) in [6.07, 6.45) is 8.53. The summed E-state index contributed by atoms with van der Waals surface area (Å²) >= 11 is 0. The third-order valence-corrected chi connectivity index (χ3v) is 7.95. The summed E-state index contributed by atoms with van der Waals surface area (Å²) in [7, 11) is -3.14. The SMILES string of the molecule is CCCS(=O)(=O)N1CC(CNC(=O)C2CC2)C2(CCCCC2)C1. The van der Waals surface area contributed by atoms with Crippen LogP contribution in [-0.2, 0) is 14.8 Å². The van der Waals surface area contributed by atoms with Gasteiger partial charge in [0.1, 0.15) is 0 Å². The van der Waals surface area contributed by atoms with Crippen molar-refractivity contribution >= 4 is 15.9 Å². The molecular weight excluding hydrogens is 312 g/mol. The lowest BCUT2D eigenvalue weighted by atomic mass is 9.68. The van der Waals surface area contributed by atoms with Crippen LogP contribution >= 0.6 is 0 Å². The average molecular weight is 343 g/mol. The highest BCUT2D eigenvalue weighted by Crippen LogP contribution is 2.48. The molecular formula is C17H30N2O3S. The van der Waals surface area contributed by atoms with E-state index in [4.69, 9.17) is 0 Å². The molecule has 1 N–H and O–H groups in total. The number of sulfonamides is 1. The van der Waals surface area contributed by atoms with Gasteiger partial charge in [0.25, 0.3) is 0 Å². The number of rotatable bonds is 6.